The average Bonchev–Trinajstić information content (AvgIpc) is 2.58. The van der Waals surface area contributed by atoms with E-state index in [1.807, 2.05) is 0 Å². The topological polar surface area (TPSA) is 18.5 Å². The van der Waals surface area contributed by atoms with Gasteiger partial charge in [0.25, 0.3) is 0 Å². The molecule has 1 saturated heterocycles. The van der Waals surface area contributed by atoms with E-state index in [-0.39, 0.29) is 0 Å². The zero-order valence-corrected chi connectivity index (χ0v) is 13.2. The summed E-state index contributed by atoms with van der Waals surface area (Å²) < 4.78 is 6.15. The van der Waals surface area contributed by atoms with E-state index < -0.39 is 0 Å². The predicted octanol–water partition coefficient (Wildman–Crippen LogP) is 3.44. The number of rotatable bonds is 5. The molecule has 0 radical (unpaired) electrons. The molecule has 0 bridgehead atoms. The van der Waals surface area contributed by atoms with Crippen LogP contribution in [0.3, 0.4) is 0 Å². The number of ether oxygens (including phenoxy) is 1. The minimum atomic E-state index is 0.659. The van der Waals surface area contributed by atoms with E-state index >= 15 is 0 Å². The summed E-state index contributed by atoms with van der Waals surface area (Å²) in [5.41, 5.74) is 2.55. The number of hydrogen-bond donors (Lipinski definition) is 0. The van der Waals surface area contributed by atoms with Crippen molar-refractivity contribution in [1.82, 2.24) is 0 Å². The van der Waals surface area contributed by atoms with Crippen LogP contribution in [0.25, 0.3) is 0 Å². The molecule has 0 aliphatic carbocycles. The van der Waals surface area contributed by atoms with Gasteiger partial charge in [-0.1, -0.05) is 48.5 Å². The van der Waals surface area contributed by atoms with Gasteiger partial charge in [0, 0.05) is 12.0 Å². The van der Waals surface area contributed by atoms with Crippen LogP contribution in [-0.2, 0) is 11.2 Å². The standard InChI is InChI=1S/C19H24NO2/c1-2-20(12-14-21-15-13-20)22-19-11-7-6-10-18(19)16-17-8-4-3-5-9-17/h3-11H,2,12-16H2,1H3/q+1. The molecule has 22 heavy (non-hydrogen) atoms. The molecule has 3 heteroatoms. The van der Waals surface area contributed by atoms with Gasteiger partial charge in [0.05, 0.1) is 13.2 Å². The number of nitrogens with zero attached hydrogens (tertiary/aromatic N) is 1. The molecule has 2 aromatic rings. The van der Waals surface area contributed by atoms with E-state index in [2.05, 4.69) is 61.5 Å². The lowest BCUT2D eigenvalue weighted by atomic mass is 10.0. The zero-order chi connectivity index (χ0) is 15.3. The van der Waals surface area contributed by atoms with Crippen molar-refractivity contribution < 1.29 is 14.2 Å². The maximum atomic E-state index is 6.45. The van der Waals surface area contributed by atoms with E-state index in [1.54, 1.807) is 0 Å². The number of hydrogen-bond acceptors (Lipinski definition) is 2. The van der Waals surface area contributed by atoms with Crippen molar-refractivity contribution in [2.45, 2.75) is 13.3 Å². The lowest BCUT2D eigenvalue weighted by Crippen LogP contribution is -2.57. The van der Waals surface area contributed by atoms with E-state index in [0.29, 0.717) is 4.65 Å². The highest BCUT2D eigenvalue weighted by atomic mass is 16.7. The van der Waals surface area contributed by atoms with Crippen molar-refractivity contribution in [1.29, 1.82) is 0 Å². The van der Waals surface area contributed by atoms with Gasteiger partial charge in [-0.3, -0.25) is 0 Å². The second-order valence-electron chi connectivity index (χ2n) is 5.80. The molecule has 0 aromatic heterocycles. The predicted molar refractivity (Wildman–Crippen MR) is 87.7 cm³/mol. The fraction of sp³-hybridized carbons (Fsp3) is 0.368. The molecule has 0 atom stereocenters. The third kappa shape index (κ3) is 3.49. The lowest BCUT2D eigenvalue weighted by molar-refractivity contribution is -1.08. The molecule has 116 valence electrons. The molecule has 0 saturated carbocycles. The van der Waals surface area contributed by atoms with Gasteiger partial charge in [-0.25, -0.2) is 0 Å². The number of para-hydroxylation sites is 1. The van der Waals surface area contributed by atoms with Crippen molar-refractivity contribution in [2.75, 3.05) is 32.8 Å². The van der Waals surface area contributed by atoms with E-state index in [0.717, 1.165) is 45.0 Å². The van der Waals surface area contributed by atoms with Crippen LogP contribution in [0.1, 0.15) is 18.1 Å². The molecule has 0 amide bonds. The Bertz CT molecular complexity index is 591. The van der Waals surface area contributed by atoms with Gasteiger partial charge < -0.3 is 9.57 Å². The minimum Gasteiger partial charge on any atom is -0.369 e. The van der Waals surface area contributed by atoms with Gasteiger partial charge in [0.1, 0.15) is 19.6 Å². The molecule has 1 heterocycles. The van der Waals surface area contributed by atoms with Crippen molar-refractivity contribution in [3.63, 3.8) is 0 Å². The summed E-state index contributed by atoms with van der Waals surface area (Å²) in [6, 6.07) is 18.9. The second-order valence-corrected chi connectivity index (χ2v) is 5.80. The van der Waals surface area contributed by atoms with E-state index in [4.69, 9.17) is 9.57 Å². The van der Waals surface area contributed by atoms with Crippen molar-refractivity contribution in [3.8, 4) is 5.75 Å². The van der Waals surface area contributed by atoms with Crippen molar-refractivity contribution in [3.05, 3.63) is 65.7 Å². The van der Waals surface area contributed by atoms with E-state index in [9.17, 15) is 0 Å². The highest BCUT2D eigenvalue weighted by molar-refractivity contribution is 5.37. The summed E-state index contributed by atoms with van der Waals surface area (Å²) in [4.78, 5) is 6.45. The maximum absolute atomic E-state index is 6.45. The quantitative estimate of drug-likeness (QED) is 0.787. The largest absolute Gasteiger partial charge is 0.369 e. The molecule has 0 unspecified atom stereocenters. The Labute approximate surface area is 132 Å². The first-order chi connectivity index (χ1) is 10.8. The fourth-order valence-electron chi connectivity index (χ4n) is 2.91. The first kappa shape index (κ1) is 15.1. The molecule has 0 N–H and O–H groups in total. The Morgan fingerprint density at radius 1 is 0.955 bits per heavy atom. The van der Waals surface area contributed by atoms with Crippen LogP contribution in [0, 0.1) is 0 Å². The molecule has 3 nitrogen and oxygen atoms in total. The Kier molecular flexibility index (Phi) is 4.76. The van der Waals surface area contributed by atoms with Gasteiger partial charge in [0.2, 0.25) is 0 Å². The molecular weight excluding hydrogens is 274 g/mol. The molecular formula is C19H24NO2+. The fourth-order valence-corrected chi connectivity index (χ4v) is 2.91. The third-order valence-corrected chi connectivity index (χ3v) is 4.36. The summed E-state index contributed by atoms with van der Waals surface area (Å²) in [5, 5.41) is 0. The van der Waals surface area contributed by atoms with Gasteiger partial charge in [-0.05, 0) is 18.6 Å². The third-order valence-electron chi connectivity index (χ3n) is 4.36. The van der Waals surface area contributed by atoms with Crippen LogP contribution in [0.15, 0.2) is 54.6 Å². The first-order valence-electron chi connectivity index (χ1n) is 8.06. The molecule has 2 aromatic carbocycles. The Morgan fingerprint density at radius 3 is 2.36 bits per heavy atom. The molecule has 1 fully saturated rings. The van der Waals surface area contributed by atoms with Crippen LogP contribution in [0.5, 0.6) is 5.75 Å². The average molecular weight is 298 g/mol. The van der Waals surface area contributed by atoms with Gasteiger partial charge in [0.15, 0.2) is 5.75 Å². The van der Waals surface area contributed by atoms with Crippen LogP contribution in [0.4, 0.5) is 0 Å². The van der Waals surface area contributed by atoms with E-state index in [1.165, 1.54) is 11.1 Å². The number of likely N-dealkylation sites (N-methyl/N-ethyl adjacent to an activating group) is 1. The maximum Gasteiger partial charge on any atom is 0.193 e. The minimum absolute atomic E-state index is 0.659. The smallest absolute Gasteiger partial charge is 0.193 e. The molecule has 1 aliphatic heterocycles. The number of morpholine rings is 1. The Morgan fingerprint density at radius 2 is 1.64 bits per heavy atom. The second kappa shape index (κ2) is 6.95. The number of hydroxylamine groups is 3. The summed E-state index contributed by atoms with van der Waals surface area (Å²) in [6.45, 7) is 6.52. The number of benzene rings is 2. The Balaban J connectivity index is 1.81. The number of quaternary nitrogens is 1. The van der Waals surface area contributed by atoms with Crippen LogP contribution >= 0.6 is 0 Å². The van der Waals surface area contributed by atoms with Crippen LogP contribution < -0.4 is 4.84 Å². The summed E-state index contributed by atoms with van der Waals surface area (Å²) in [5.74, 6) is 0.995. The van der Waals surface area contributed by atoms with Gasteiger partial charge >= 0.3 is 0 Å². The van der Waals surface area contributed by atoms with Crippen molar-refractivity contribution in [2.24, 2.45) is 0 Å². The molecule has 1 aliphatic rings. The van der Waals surface area contributed by atoms with Crippen LogP contribution in [-0.4, -0.2) is 37.5 Å². The van der Waals surface area contributed by atoms with Crippen molar-refractivity contribution >= 4 is 0 Å². The zero-order valence-electron chi connectivity index (χ0n) is 13.2. The van der Waals surface area contributed by atoms with Crippen LogP contribution in [0.2, 0.25) is 0 Å². The molecule has 3 rings (SSSR count). The first-order valence-corrected chi connectivity index (χ1v) is 8.06. The normalized spacial score (nSPS) is 17.1. The summed E-state index contributed by atoms with van der Waals surface area (Å²) >= 11 is 0. The molecule has 0 spiro atoms. The highest BCUT2D eigenvalue weighted by Gasteiger charge is 2.32. The summed E-state index contributed by atoms with van der Waals surface area (Å²) in [6.07, 6.45) is 0.900. The highest BCUT2D eigenvalue weighted by Crippen LogP contribution is 2.25. The SMILES string of the molecule is CC[N+]1(Oc2ccccc2Cc2ccccc2)CCOCC1. The lowest BCUT2D eigenvalue weighted by Gasteiger charge is -2.37. The van der Waals surface area contributed by atoms with Gasteiger partial charge in [-0.2, -0.15) is 0 Å². The monoisotopic (exact) mass is 298 g/mol. The van der Waals surface area contributed by atoms with Gasteiger partial charge in [-0.15, -0.1) is 4.65 Å². The Hall–Kier alpha value is -1.84. The summed E-state index contributed by atoms with van der Waals surface area (Å²) in [7, 11) is 0.